The number of hydrogen-bond acceptors (Lipinski definition) is 6. The van der Waals surface area contributed by atoms with Gasteiger partial charge in [-0.1, -0.05) is 29.8 Å². The summed E-state index contributed by atoms with van der Waals surface area (Å²) in [7, 11) is -3.72. The zero-order valence-corrected chi connectivity index (χ0v) is 18.4. The van der Waals surface area contributed by atoms with Gasteiger partial charge in [0.2, 0.25) is 0 Å². The lowest BCUT2D eigenvalue weighted by atomic mass is 10.1. The molecule has 30 heavy (non-hydrogen) atoms. The molecule has 2 aromatic rings. The van der Waals surface area contributed by atoms with Crippen LogP contribution in [-0.4, -0.2) is 57.0 Å². The third-order valence-electron chi connectivity index (χ3n) is 4.47. The van der Waals surface area contributed by atoms with Crippen LogP contribution in [-0.2, 0) is 30.8 Å². The van der Waals surface area contributed by atoms with E-state index in [1.54, 1.807) is 23.6 Å². The summed E-state index contributed by atoms with van der Waals surface area (Å²) in [6.45, 7) is 0.832. The molecule has 1 saturated heterocycles. The van der Waals surface area contributed by atoms with Crippen molar-refractivity contribution in [2.24, 2.45) is 0 Å². The van der Waals surface area contributed by atoms with Crippen LogP contribution in [0.1, 0.15) is 12.0 Å². The second kappa shape index (κ2) is 10.4. The van der Waals surface area contributed by atoms with Gasteiger partial charge >= 0.3 is 11.8 Å². The van der Waals surface area contributed by atoms with E-state index < -0.39 is 28.1 Å². The molecule has 0 bridgehead atoms. The molecular weight excluding hydrogens is 450 g/mol. The number of rotatable bonds is 7. The number of nitrogens with one attached hydrogen (secondary N) is 2. The molecule has 1 aromatic heterocycles. The lowest BCUT2D eigenvalue weighted by Crippen LogP contribution is -2.53. The number of carbonyl (C=O) groups is 2. The number of amides is 2. The van der Waals surface area contributed by atoms with Gasteiger partial charge in [-0.25, -0.2) is 8.42 Å². The van der Waals surface area contributed by atoms with E-state index in [9.17, 15) is 18.0 Å². The highest BCUT2D eigenvalue weighted by atomic mass is 35.5. The summed E-state index contributed by atoms with van der Waals surface area (Å²) in [5, 5.41) is 7.31. The van der Waals surface area contributed by atoms with E-state index in [4.69, 9.17) is 16.3 Å². The first-order valence-corrected chi connectivity index (χ1v) is 12.0. The average molecular weight is 472 g/mol. The normalized spacial score (nSPS) is 17.4. The molecule has 1 fully saturated rings. The highest BCUT2D eigenvalue weighted by Crippen LogP contribution is 2.25. The van der Waals surface area contributed by atoms with Gasteiger partial charge < -0.3 is 15.4 Å². The summed E-state index contributed by atoms with van der Waals surface area (Å²) < 4.78 is 32.6. The van der Waals surface area contributed by atoms with Crippen molar-refractivity contribution in [2.45, 2.75) is 23.3 Å². The van der Waals surface area contributed by atoms with Crippen molar-refractivity contribution in [3.05, 3.63) is 52.4 Å². The van der Waals surface area contributed by atoms with E-state index in [0.717, 1.165) is 16.9 Å². The fourth-order valence-corrected chi connectivity index (χ4v) is 5.75. The summed E-state index contributed by atoms with van der Waals surface area (Å²) in [6, 6.07) is 10.4. The predicted octanol–water partition coefficient (Wildman–Crippen LogP) is 1.61. The van der Waals surface area contributed by atoms with Crippen molar-refractivity contribution in [3.63, 3.8) is 0 Å². The number of halogens is 1. The first-order valence-electron chi connectivity index (χ1n) is 9.35. The summed E-state index contributed by atoms with van der Waals surface area (Å²) >= 11 is 6.95. The Labute approximate surface area is 184 Å². The molecule has 2 amide bonds. The largest absolute Gasteiger partial charge is 0.360 e. The first kappa shape index (κ1) is 22.7. The lowest BCUT2D eigenvalue weighted by molar-refractivity contribution is -0.140. The second-order valence-electron chi connectivity index (χ2n) is 6.57. The van der Waals surface area contributed by atoms with Gasteiger partial charge in [-0.2, -0.15) is 4.31 Å². The Hall–Kier alpha value is -1.98. The van der Waals surface area contributed by atoms with E-state index in [1.165, 1.54) is 10.4 Å². The molecule has 11 heteroatoms. The molecule has 1 unspecified atom stereocenters. The third kappa shape index (κ3) is 5.79. The molecule has 1 atom stereocenters. The van der Waals surface area contributed by atoms with Gasteiger partial charge in [-0.15, -0.1) is 11.3 Å². The molecule has 2 heterocycles. The third-order valence-corrected chi connectivity index (χ3v) is 7.98. The average Bonchev–Trinajstić information content (AvgIpc) is 3.29. The highest BCUT2D eigenvalue weighted by molar-refractivity contribution is 7.91. The van der Waals surface area contributed by atoms with E-state index in [-0.39, 0.29) is 23.8 Å². The molecule has 0 aliphatic carbocycles. The Morgan fingerprint density at radius 2 is 1.90 bits per heavy atom. The minimum absolute atomic E-state index is 0.117. The lowest BCUT2D eigenvalue weighted by Gasteiger charge is -2.34. The minimum Gasteiger partial charge on any atom is -0.360 e. The second-order valence-corrected chi connectivity index (χ2v) is 10.1. The molecular formula is C19H22ClN3O5S2. The maximum Gasteiger partial charge on any atom is 0.309 e. The SMILES string of the molecule is O=C(NCCc1ccc(Cl)cc1)C(=O)NCC1OCCCN1S(=O)(=O)c1cccs1. The van der Waals surface area contributed by atoms with E-state index in [0.29, 0.717) is 24.5 Å². The van der Waals surface area contributed by atoms with Gasteiger partial charge in [-0.05, 0) is 42.0 Å². The minimum atomic E-state index is -3.72. The number of nitrogens with zero attached hydrogens (tertiary/aromatic N) is 1. The molecule has 0 radical (unpaired) electrons. The fraction of sp³-hybridized carbons (Fsp3) is 0.368. The van der Waals surface area contributed by atoms with E-state index >= 15 is 0 Å². The van der Waals surface area contributed by atoms with Crippen LogP contribution in [0.4, 0.5) is 0 Å². The van der Waals surface area contributed by atoms with Crippen LogP contribution in [0.5, 0.6) is 0 Å². The monoisotopic (exact) mass is 471 g/mol. The van der Waals surface area contributed by atoms with Crippen LogP contribution in [0.15, 0.2) is 46.0 Å². The molecule has 162 valence electrons. The van der Waals surface area contributed by atoms with Crippen LogP contribution >= 0.6 is 22.9 Å². The van der Waals surface area contributed by atoms with Crippen LogP contribution < -0.4 is 10.6 Å². The topological polar surface area (TPSA) is 105 Å². The van der Waals surface area contributed by atoms with Gasteiger partial charge in [0.15, 0.2) is 0 Å². The van der Waals surface area contributed by atoms with Crippen molar-refractivity contribution in [1.82, 2.24) is 14.9 Å². The predicted molar refractivity (Wildman–Crippen MR) is 114 cm³/mol. The number of sulfonamides is 1. The van der Waals surface area contributed by atoms with Gasteiger partial charge in [0.25, 0.3) is 10.0 Å². The molecule has 1 aliphatic rings. The maximum atomic E-state index is 12.8. The Bertz CT molecular complexity index is 965. The van der Waals surface area contributed by atoms with Crippen LogP contribution in [0.2, 0.25) is 5.02 Å². The summed E-state index contributed by atoms with van der Waals surface area (Å²) in [5.41, 5.74) is 0.977. The van der Waals surface area contributed by atoms with Gasteiger partial charge in [-0.3, -0.25) is 9.59 Å². The van der Waals surface area contributed by atoms with Crippen LogP contribution in [0, 0.1) is 0 Å². The number of hydrogen-bond donors (Lipinski definition) is 2. The molecule has 1 aromatic carbocycles. The van der Waals surface area contributed by atoms with Crippen LogP contribution in [0.25, 0.3) is 0 Å². The molecule has 8 nitrogen and oxygen atoms in total. The number of carbonyl (C=O) groups excluding carboxylic acids is 2. The Balaban J connectivity index is 1.49. The van der Waals surface area contributed by atoms with Crippen molar-refractivity contribution in [1.29, 1.82) is 0 Å². The van der Waals surface area contributed by atoms with Gasteiger partial charge in [0, 0.05) is 18.1 Å². The van der Waals surface area contributed by atoms with Crippen molar-refractivity contribution < 1.29 is 22.7 Å². The standard InChI is InChI=1S/C19H22ClN3O5S2/c20-15-6-4-14(5-7-15)8-9-21-18(24)19(25)22-13-16-23(10-2-11-28-16)30(26,27)17-3-1-12-29-17/h1,3-7,12,16H,2,8-11,13H2,(H,21,24)(H,22,25). The number of ether oxygens (including phenoxy) is 1. The molecule has 0 saturated carbocycles. The Morgan fingerprint density at radius 3 is 2.60 bits per heavy atom. The quantitative estimate of drug-likeness (QED) is 0.597. The summed E-state index contributed by atoms with van der Waals surface area (Å²) in [5.74, 6) is -1.62. The number of thiophene rings is 1. The van der Waals surface area contributed by atoms with Crippen molar-refractivity contribution >= 4 is 44.8 Å². The van der Waals surface area contributed by atoms with Crippen molar-refractivity contribution in [2.75, 3.05) is 26.2 Å². The highest BCUT2D eigenvalue weighted by Gasteiger charge is 2.35. The van der Waals surface area contributed by atoms with Crippen LogP contribution in [0.3, 0.4) is 0 Å². The fourth-order valence-electron chi connectivity index (χ4n) is 2.94. The first-order chi connectivity index (χ1) is 14.4. The molecule has 1 aliphatic heterocycles. The Morgan fingerprint density at radius 1 is 1.17 bits per heavy atom. The summed E-state index contributed by atoms with van der Waals surface area (Å²) in [4.78, 5) is 24.1. The summed E-state index contributed by atoms with van der Waals surface area (Å²) in [6.07, 6.45) is 0.242. The van der Waals surface area contributed by atoms with Gasteiger partial charge in [0.05, 0.1) is 13.2 Å². The van der Waals surface area contributed by atoms with E-state index in [2.05, 4.69) is 10.6 Å². The zero-order valence-electron chi connectivity index (χ0n) is 16.0. The molecule has 0 spiro atoms. The van der Waals surface area contributed by atoms with Crippen molar-refractivity contribution in [3.8, 4) is 0 Å². The zero-order chi connectivity index (χ0) is 21.6. The Kier molecular flexibility index (Phi) is 7.84. The molecule has 3 rings (SSSR count). The van der Waals surface area contributed by atoms with Gasteiger partial charge in [0.1, 0.15) is 10.4 Å². The maximum absolute atomic E-state index is 12.8. The number of benzene rings is 1. The van der Waals surface area contributed by atoms with E-state index in [1.807, 2.05) is 12.1 Å². The smallest absolute Gasteiger partial charge is 0.309 e. The molecule has 2 N–H and O–H groups in total.